The maximum absolute atomic E-state index is 12.8. The van der Waals surface area contributed by atoms with E-state index in [4.69, 9.17) is 4.74 Å². The van der Waals surface area contributed by atoms with E-state index < -0.39 is 10.0 Å². The normalized spacial score (nSPS) is 15.9. The summed E-state index contributed by atoms with van der Waals surface area (Å²) in [6, 6.07) is 16.3. The number of piperidine rings is 1. The van der Waals surface area contributed by atoms with E-state index in [0.717, 1.165) is 5.56 Å². The summed E-state index contributed by atoms with van der Waals surface area (Å²) in [7, 11) is -1.98. The number of carbonyl (C=O) groups is 1. The molecule has 1 amide bonds. The lowest BCUT2D eigenvalue weighted by Gasteiger charge is -2.31. The molecule has 1 heterocycles. The average molecular weight is 403 g/mol. The van der Waals surface area contributed by atoms with Crippen molar-refractivity contribution in [3.8, 4) is 5.75 Å². The fourth-order valence-electron chi connectivity index (χ4n) is 3.34. The summed E-state index contributed by atoms with van der Waals surface area (Å²) in [6.45, 7) is 0.802. The minimum Gasteiger partial charge on any atom is -0.497 e. The summed E-state index contributed by atoms with van der Waals surface area (Å²) in [5.74, 6) is 0.635. The van der Waals surface area contributed by atoms with Gasteiger partial charge in [0.25, 0.3) is 0 Å². The van der Waals surface area contributed by atoms with Gasteiger partial charge >= 0.3 is 0 Å². The minimum atomic E-state index is -3.52. The Bertz CT molecular complexity index is 874. The Labute approximate surface area is 166 Å². The molecule has 0 atom stereocenters. The van der Waals surface area contributed by atoms with Gasteiger partial charge in [0, 0.05) is 25.6 Å². The molecule has 0 saturated carbocycles. The zero-order chi connectivity index (χ0) is 20.0. The molecule has 1 saturated heterocycles. The smallest absolute Gasteiger partial charge is 0.243 e. The molecule has 150 valence electrons. The maximum Gasteiger partial charge on any atom is 0.243 e. The third-order valence-electron chi connectivity index (χ3n) is 5.00. The fraction of sp³-hybridized carbons (Fsp3) is 0.381. The van der Waals surface area contributed by atoms with Gasteiger partial charge in [-0.2, -0.15) is 4.31 Å². The predicted molar refractivity (Wildman–Crippen MR) is 108 cm³/mol. The van der Waals surface area contributed by atoms with Crippen molar-refractivity contribution < 1.29 is 17.9 Å². The van der Waals surface area contributed by atoms with Crippen LogP contribution in [0.4, 0.5) is 0 Å². The van der Waals surface area contributed by atoms with Gasteiger partial charge in [0.1, 0.15) is 5.75 Å². The average Bonchev–Trinajstić information content (AvgIpc) is 2.73. The van der Waals surface area contributed by atoms with Crippen LogP contribution in [0, 0.1) is 0 Å². The van der Waals surface area contributed by atoms with Gasteiger partial charge in [-0.25, -0.2) is 8.42 Å². The molecule has 0 radical (unpaired) electrons. The summed E-state index contributed by atoms with van der Waals surface area (Å²) < 4.78 is 32.1. The lowest BCUT2D eigenvalue weighted by molar-refractivity contribution is -0.122. The highest BCUT2D eigenvalue weighted by atomic mass is 32.2. The number of nitrogens with one attached hydrogen (secondary N) is 1. The molecule has 0 aliphatic carbocycles. The molecule has 2 aromatic rings. The highest BCUT2D eigenvalue weighted by Gasteiger charge is 2.29. The zero-order valence-electron chi connectivity index (χ0n) is 16.0. The number of hydrogen-bond donors (Lipinski definition) is 1. The minimum absolute atomic E-state index is 0.0142. The SMILES string of the molecule is COc1ccc(S(=O)(=O)N2CCC(NC(=O)CCc3ccccc3)CC2)cc1. The second kappa shape index (κ2) is 9.21. The van der Waals surface area contributed by atoms with Gasteiger partial charge < -0.3 is 10.1 Å². The number of methoxy groups -OCH3 is 1. The molecule has 1 aliphatic rings. The van der Waals surface area contributed by atoms with Crippen molar-refractivity contribution in [2.45, 2.75) is 36.6 Å². The van der Waals surface area contributed by atoms with Gasteiger partial charge in [-0.3, -0.25) is 4.79 Å². The van der Waals surface area contributed by atoms with E-state index in [1.807, 2.05) is 30.3 Å². The van der Waals surface area contributed by atoms with E-state index in [9.17, 15) is 13.2 Å². The second-order valence-electron chi connectivity index (χ2n) is 6.91. The Balaban J connectivity index is 1.48. The molecule has 7 heteroatoms. The van der Waals surface area contributed by atoms with Crippen molar-refractivity contribution in [3.05, 3.63) is 60.2 Å². The Hall–Kier alpha value is -2.38. The van der Waals surface area contributed by atoms with Gasteiger partial charge in [0.15, 0.2) is 0 Å². The quantitative estimate of drug-likeness (QED) is 0.772. The molecule has 6 nitrogen and oxygen atoms in total. The molecule has 2 aromatic carbocycles. The van der Waals surface area contributed by atoms with Crippen LogP contribution in [0.3, 0.4) is 0 Å². The Morgan fingerprint density at radius 2 is 1.71 bits per heavy atom. The van der Waals surface area contributed by atoms with Crippen LogP contribution in [0.5, 0.6) is 5.75 Å². The number of benzene rings is 2. The lowest BCUT2D eigenvalue weighted by atomic mass is 10.1. The number of rotatable bonds is 7. The largest absolute Gasteiger partial charge is 0.497 e. The van der Waals surface area contributed by atoms with Crippen LogP contribution in [0.25, 0.3) is 0 Å². The third kappa shape index (κ3) is 5.11. The molecule has 3 rings (SSSR count). The van der Waals surface area contributed by atoms with Crippen LogP contribution in [0.2, 0.25) is 0 Å². The maximum atomic E-state index is 12.8. The third-order valence-corrected chi connectivity index (χ3v) is 6.91. The standard InChI is InChI=1S/C21H26N2O4S/c1-27-19-8-10-20(11-9-19)28(25,26)23-15-13-18(14-16-23)22-21(24)12-7-17-5-3-2-4-6-17/h2-6,8-11,18H,7,12-16H2,1H3,(H,22,24). The van der Waals surface area contributed by atoms with E-state index in [1.54, 1.807) is 31.4 Å². The van der Waals surface area contributed by atoms with Crippen molar-refractivity contribution in [1.29, 1.82) is 0 Å². The van der Waals surface area contributed by atoms with Crippen LogP contribution in [0.1, 0.15) is 24.8 Å². The zero-order valence-corrected chi connectivity index (χ0v) is 16.8. The predicted octanol–water partition coefficient (Wildman–Crippen LogP) is 2.60. The molecular formula is C21H26N2O4S. The van der Waals surface area contributed by atoms with Gasteiger partial charge in [0.05, 0.1) is 12.0 Å². The van der Waals surface area contributed by atoms with E-state index in [2.05, 4.69) is 5.32 Å². The summed E-state index contributed by atoms with van der Waals surface area (Å²) >= 11 is 0. The molecule has 28 heavy (non-hydrogen) atoms. The number of ether oxygens (including phenoxy) is 1. The molecule has 0 spiro atoms. The van der Waals surface area contributed by atoms with Crippen LogP contribution in [0.15, 0.2) is 59.5 Å². The number of hydrogen-bond acceptors (Lipinski definition) is 4. The van der Waals surface area contributed by atoms with Crippen molar-refractivity contribution >= 4 is 15.9 Å². The number of sulfonamides is 1. The molecule has 1 N–H and O–H groups in total. The van der Waals surface area contributed by atoms with Crippen LogP contribution >= 0.6 is 0 Å². The highest BCUT2D eigenvalue weighted by Crippen LogP contribution is 2.23. The molecule has 0 aromatic heterocycles. The first-order valence-corrected chi connectivity index (χ1v) is 10.9. The summed E-state index contributed by atoms with van der Waals surface area (Å²) in [4.78, 5) is 12.5. The van der Waals surface area contributed by atoms with E-state index in [0.29, 0.717) is 44.5 Å². The fourth-order valence-corrected chi connectivity index (χ4v) is 4.81. The van der Waals surface area contributed by atoms with Gasteiger partial charge in [-0.15, -0.1) is 0 Å². The van der Waals surface area contributed by atoms with Crippen LogP contribution in [-0.2, 0) is 21.2 Å². The lowest BCUT2D eigenvalue weighted by Crippen LogP contribution is -2.46. The Morgan fingerprint density at radius 1 is 1.07 bits per heavy atom. The van der Waals surface area contributed by atoms with Crippen molar-refractivity contribution in [2.24, 2.45) is 0 Å². The van der Waals surface area contributed by atoms with Gasteiger partial charge in [-0.05, 0) is 49.1 Å². The van der Waals surface area contributed by atoms with Gasteiger partial charge in [-0.1, -0.05) is 30.3 Å². The van der Waals surface area contributed by atoms with Gasteiger partial charge in [0.2, 0.25) is 15.9 Å². The molecule has 1 fully saturated rings. The van der Waals surface area contributed by atoms with Crippen molar-refractivity contribution in [1.82, 2.24) is 9.62 Å². The monoisotopic (exact) mass is 402 g/mol. The van der Waals surface area contributed by atoms with Crippen molar-refractivity contribution in [3.63, 3.8) is 0 Å². The summed E-state index contributed by atoms with van der Waals surface area (Å²) in [5.41, 5.74) is 1.14. The summed E-state index contributed by atoms with van der Waals surface area (Å²) in [6.07, 6.45) is 2.38. The number of carbonyl (C=O) groups excluding carboxylic acids is 1. The Kier molecular flexibility index (Phi) is 6.70. The van der Waals surface area contributed by atoms with E-state index in [-0.39, 0.29) is 16.8 Å². The highest BCUT2D eigenvalue weighted by molar-refractivity contribution is 7.89. The topological polar surface area (TPSA) is 75.7 Å². The number of amides is 1. The second-order valence-corrected chi connectivity index (χ2v) is 8.84. The van der Waals surface area contributed by atoms with Crippen LogP contribution < -0.4 is 10.1 Å². The van der Waals surface area contributed by atoms with E-state index >= 15 is 0 Å². The number of nitrogens with zero attached hydrogens (tertiary/aromatic N) is 1. The molecular weight excluding hydrogens is 376 g/mol. The van der Waals surface area contributed by atoms with Crippen LogP contribution in [-0.4, -0.2) is 44.9 Å². The first kappa shape index (κ1) is 20.4. The molecule has 0 bridgehead atoms. The number of aryl methyl sites for hydroxylation is 1. The summed E-state index contributed by atoms with van der Waals surface area (Å²) in [5, 5.41) is 3.04. The molecule has 1 aliphatic heterocycles. The molecule has 0 unspecified atom stereocenters. The Morgan fingerprint density at radius 3 is 2.32 bits per heavy atom. The van der Waals surface area contributed by atoms with Crippen molar-refractivity contribution in [2.75, 3.05) is 20.2 Å². The first-order chi connectivity index (χ1) is 13.5. The van der Waals surface area contributed by atoms with E-state index in [1.165, 1.54) is 4.31 Å². The first-order valence-electron chi connectivity index (χ1n) is 9.46.